The smallest absolute Gasteiger partial charge is 0.416 e. The van der Waals surface area contributed by atoms with Crippen LogP contribution < -0.4 is 9.47 Å². The Morgan fingerprint density at radius 1 is 0.935 bits per heavy atom. The zero-order valence-corrected chi connectivity index (χ0v) is 17.7. The predicted octanol–water partition coefficient (Wildman–Crippen LogP) is 5.88. The second-order valence-corrected chi connectivity index (χ2v) is 9.19. The average Bonchev–Trinajstić information content (AvgIpc) is 3.55. The van der Waals surface area contributed by atoms with Gasteiger partial charge in [0.15, 0.2) is 11.5 Å². The fourth-order valence-electron chi connectivity index (χ4n) is 5.49. The van der Waals surface area contributed by atoms with Gasteiger partial charge in [0.1, 0.15) is 6.10 Å². The molecule has 2 unspecified atom stereocenters. The largest absolute Gasteiger partial charge is 0.493 e. The summed E-state index contributed by atoms with van der Waals surface area (Å²) >= 11 is 0. The SMILES string of the molecule is COc1c(OC2C3CCC2CN(Cc2ccccc2)C3)ccc(C(F)(F)F)c1C1CC1. The zero-order valence-electron chi connectivity index (χ0n) is 17.7. The Balaban J connectivity index is 1.35. The van der Waals surface area contributed by atoms with Gasteiger partial charge in [-0.15, -0.1) is 0 Å². The first-order valence-electron chi connectivity index (χ1n) is 11.1. The molecule has 0 radical (unpaired) electrons. The highest BCUT2D eigenvalue weighted by molar-refractivity contribution is 5.55. The molecule has 3 aliphatic rings. The predicted molar refractivity (Wildman–Crippen MR) is 112 cm³/mol. The molecule has 3 fully saturated rings. The van der Waals surface area contributed by atoms with Gasteiger partial charge >= 0.3 is 6.18 Å². The maximum atomic E-state index is 13.6. The van der Waals surface area contributed by atoms with Gasteiger partial charge in [-0.05, 0) is 49.3 Å². The summed E-state index contributed by atoms with van der Waals surface area (Å²) in [6.07, 6.45) is -0.619. The van der Waals surface area contributed by atoms with Gasteiger partial charge in [-0.25, -0.2) is 0 Å². The van der Waals surface area contributed by atoms with E-state index in [0.717, 1.165) is 45.3 Å². The Labute approximate surface area is 181 Å². The van der Waals surface area contributed by atoms with E-state index in [-0.39, 0.29) is 23.3 Å². The number of fused-ring (bicyclic) bond motifs is 2. The Kier molecular flexibility index (Phi) is 5.37. The summed E-state index contributed by atoms with van der Waals surface area (Å²) in [7, 11) is 1.45. The molecule has 2 atom stereocenters. The van der Waals surface area contributed by atoms with E-state index in [1.807, 2.05) is 6.07 Å². The first-order valence-corrected chi connectivity index (χ1v) is 11.1. The maximum absolute atomic E-state index is 13.6. The Morgan fingerprint density at radius 3 is 2.19 bits per heavy atom. The quantitative estimate of drug-likeness (QED) is 0.570. The van der Waals surface area contributed by atoms with Crippen molar-refractivity contribution in [1.82, 2.24) is 4.90 Å². The van der Waals surface area contributed by atoms with Crippen LogP contribution in [0.4, 0.5) is 13.2 Å². The van der Waals surface area contributed by atoms with E-state index >= 15 is 0 Å². The van der Waals surface area contributed by atoms with Gasteiger partial charge in [-0.2, -0.15) is 13.2 Å². The van der Waals surface area contributed by atoms with Crippen LogP contribution >= 0.6 is 0 Å². The van der Waals surface area contributed by atoms with Crippen LogP contribution in [-0.2, 0) is 12.7 Å². The minimum atomic E-state index is -4.38. The molecule has 1 aliphatic heterocycles. The lowest BCUT2D eigenvalue weighted by Gasteiger charge is -2.38. The lowest BCUT2D eigenvalue weighted by atomic mass is 9.94. The van der Waals surface area contributed by atoms with E-state index in [1.165, 1.54) is 24.8 Å². The van der Waals surface area contributed by atoms with Crippen LogP contribution in [0.5, 0.6) is 11.5 Å². The standard InChI is InChI=1S/C25H28F3NO2/c1-30-24-21(12-11-20(25(26,27)28)22(24)17-7-8-17)31-23-18-9-10-19(23)15-29(14-18)13-16-5-3-2-4-6-16/h2-6,11-12,17-19,23H,7-10,13-15H2,1H3. The molecule has 0 aromatic heterocycles. The summed E-state index contributed by atoms with van der Waals surface area (Å²) < 4.78 is 52.7. The van der Waals surface area contributed by atoms with E-state index in [1.54, 1.807) is 0 Å². The van der Waals surface area contributed by atoms with Gasteiger partial charge in [0.2, 0.25) is 0 Å². The van der Waals surface area contributed by atoms with Crippen molar-refractivity contribution in [3.63, 3.8) is 0 Å². The average molecular weight is 431 g/mol. The number of hydrogen-bond acceptors (Lipinski definition) is 3. The fraction of sp³-hybridized carbons (Fsp3) is 0.520. The van der Waals surface area contributed by atoms with Gasteiger partial charge in [-0.1, -0.05) is 30.3 Å². The molecule has 31 heavy (non-hydrogen) atoms. The van der Waals surface area contributed by atoms with E-state index in [4.69, 9.17) is 9.47 Å². The first kappa shape index (κ1) is 20.7. The molecule has 1 heterocycles. The van der Waals surface area contributed by atoms with E-state index in [2.05, 4.69) is 29.2 Å². The van der Waals surface area contributed by atoms with Crippen molar-refractivity contribution in [3.05, 3.63) is 59.2 Å². The summed E-state index contributed by atoms with van der Waals surface area (Å²) in [5.41, 5.74) is 1.00. The van der Waals surface area contributed by atoms with Crippen molar-refractivity contribution in [2.75, 3.05) is 20.2 Å². The molecular weight excluding hydrogens is 403 g/mol. The van der Waals surface area contributed by atoms with E-state index < -0.39 is 11.7 Å². The first-order chi connectivity index (χ1) is 14.9. The lowest BCUT2D eigenvalue weighted by Crippen LogP contribution is -2.46. The van der Waals surface area contributed by atoms with Crippen LogP contribution in [-0.4, -0.2) is 31.2 Å². The number of methoxy groups -OCH3 is 1. The molecule has 2 aromatic rings. The molecule has 166 valence electrons. The second-order valence-electron chi connectivity index (χ2n) is 9.19. The third-order valence-corrected chi connectivity index (χ3v) is 6.99. The molecular formula is C25H28F3NO2. The Morgan fingerprint density at radius 2 is 1.61 bits per heavy atom. The van der Waals surface area contributed by atoms with Crippen molar-refractivity contribution < 1.29 is 22.6 Å². The van der Waals surface area contributed by atoms with Gasteiger partial charge in [0, 0.05) is 37.0 Å². The monoisotopic (exact) mass is 431 g/mol. The van der Waals surface area contributed by atoms with Crippen molar-refractivity contribution in [2.45, 2.75) is 50.4 Å². The normalized spacial score (nSPS) is 26.1. The lowest BCUT2D eigenvalue weighted by molar-refractivity contribution is -0.138. The van der Waals surface area contributed by atoms with Crippen LogP contribution in [0.2, 0.25) is 0 Å². The van der Waals surface area contributed by atoms with E-state index in [0.29, 0.717) is 17.6 Å². The minimum Gasteiger partial charge on any atom is -0.493 e. The van der Waals surface area contributed by atoms with E-state index in [9.17, 15) is 13.2 Å². The number of nitrogens with zero attached hydrogens (tertiary/aromatic N) is 1. The third-order valence-electron chi connectivity index (χ3n) is 6.99. The number of benzene rings is 2. The van der Waals surface area contributed by atoms with Crippen molar-refractivity contribution in [3.8, 4) is 11.5 Å². The molecule has 5 rings (SSSR count). The van der Waals surface area contributed by atoms with Gasteiger partial charge in [0.25, 0.3) is 0 Å². The zero-order chi connectivity index (χ0) is 21.6. The topological polar surface area (TPSA) is 21.7 Å². The van der Waals surface area contributed by atoms with Crippen molar-refractivity contribution in [1.29, 1.82) is 0 Å². The number of likely N-dealkylation sites (tertiary alicyclic amines) is 1. The molecule has 0 spiro atoms. The summed E-state index contributed by atoms with van der Waals surface area (Å²) in [5.74, 6) is 1.44. The summed E-state index contributed by atoms with van der Waals surface area (Å²) in [5, 5.41) is 0. The highest BCUT2D eigenvalue weighted by Crippen LogP contribution is 2.53. The van der Waals surface area contributed by atoms with Gasteiger partial charge in [0.05, 0.1) is 12.7 Å². The molecule has 0 amide bonds. The number of halogens is 3. The molecule has 6 heteroatoms. The third kappa shape index (κ3) is 4.14. The van der Waals surface area contributed by atoms with Crippen LogP contribution in [0.3, 0.4) is 0 Å². The molecule has 1 saturated heterocycles. The highest BCUT2D eigenvalue weighted by atomic mass is 19.4. The number of hydrogen-bond donors (Lipinski definition) is 0. The summed E-state index contributed by atoms with van der Waals surface area (Å²) in [6, 6.07) is 13.1. The molecule has 2 saturated carbocycles. The Bertz CT molecular complexity index is 912. The molecule has 2 aromatic carbocycles. The van der Waals surface area contributed by atoms with Crippen molar-refractivity contribution in [2.24, 2.45) is 11.8 Å². The van der Waals surface area contributed by atoms with Gasteiger partial charge in [-0.3, -0.25) is 4.90 Å². The number of alkyl halides is 3. The number of rotatable bonds is 6. The molecule has 2 bridgehead atoms. The van der Waals surface area contributed by atoms with Crippen LogP contribution in [0.1, 0.15) is 48.3 Å². The van der Waals surface area contributed by atoms with Crippen LogP contribution in [0, 0.1) is 11.8 Å². The summed E-state index contributed by atoms with van der Waals surface area (Å²) in [4.78, 5) is 2.48. The van der Waals surface area contributed by atoms with Crippen LogP contribution in [0.15, 0.2) is 42.5 Å². The second kappa shape index (κ2) is 8.05. The van der Waals surface area contributed by atoms with Gasteiger partial charge < -0.3 is 9.47 Å². The van der Waals surface area contributed by atoms with Crippen molar-refractivity contribution >= 4 is 0 Å². The summed E-state index contributed by atoms with van der Waals surface area (Å²) in [6.45, 7) is 2.83. The molecule has 0 N–H and O–H groups in total. The maximum Gasteiger partial charge on any atom is 0.416 e. The fourth-order valence-corrected chi connectivity index (χ4v) is 5.49. The number of ether oxygens (including phenoxy) is 2. The van der Waals surface area contributed by atoms with Crippen LogP contribution in [0.25, 0.3) is 0 Å². The highest BCUT2D eigenvalue weighted by Gasteiger charge is 2.45. The minimum absolute atomic E-state index is 0.0321. The molecule has 3 nitrogen and oxygen atoms in total. The Hall–Kier alpha value is -2.21. The number of piperidine rings is 1. The molecule has 2 aliphatic carbocycles.